The number of likely N-dealkylation sites (tertiary alicyclic amines) is 1. The zero-order valence-electron chi connectivity index (χ0n) is 12.9. The fourth-order valence-electron chi connectivity index (χ4n) is 2.06. The van der Waals surface area contributed by atoms with E-state index in [0.29, 0.717) is 0 Å². The van der Waals surface area contributed by atoms with E-state index in [4.69, 9.17) is 4.74 Å². The number of hydrogen-bond donors (Lipinski definition) is 0. The number of carbonyl (C=O) groups excluding carboxylic acids is 2. The molecule has 1 atom stereocenters. The van der Waals surface area contributed by atoms with E-state index in [1.54, 1.807) is 41.5 Å². The zero-order chi connectivity index (χ0) is 15.9. The van der Waals surface area contributed by atoms with Gasteiger partial charge in [0.05, 0.1) is 6.54 Å². The molecule has 0 bridgehead atoms. The average Bonchev–Trinajstić information content (AvgIpc) is 2.49. The molecule has 1 heterocycles. The molecule has 0 radical (unpaired) electrons. The Labute approximate surface area is 118 Å². The van der Waals surface area contributed by atoms with Crippen LogP contribution in [0.1, 0.15) is 48.0 Å². The number of carbonyl (C=O) groups is 2. The summed E-state index contributed by atoms with van der Waals surface area (Å²) in [5.74, 6) is -3.43. The number of rotatable bonds is 1. The molecule has 0 aromatic carbocycles. The van der Waals surface area contributed by atoms with E-state index in [1.807, 2.05) is 0 Å². The molecule has 0 saturated carbocycles. The Morgan fingerprint density at radius 3 is 2.05 bits per heavy atom. The molecule has 1 amide bonds. The minimum atomic E-state index is -3.05. The van der Waals surface area contributed by atoms with Crippen molar-refractivity contribution in [3.63, 3.8) is 0 Å². The minimum absolute atomic E-state index is 0.375. The third kappa shape index (κ3) is 4.15. The number of nitrogens with zero attached hydrogens (tertiary/aromatic N) is 1. The van der Waals surface area contributed by atoms with Crippen LogP contribution in [0, 0.1) is 5.41 Å². The fraction of sp³-hybridized carbons (Fsp3) is 0.857. The monoisotopic (exact) mass is 291 g/mol. The van der Waals surface area contributed by atoms with Gasteiger partial charge in [-0.15, -0.1) is 0 Å². The SMILES string of the molecule is CC(C)(C)OC(=O)N1CC(F)(F)C[C@H]1C(=O)C(C)(C)C. The van der Waals surface area contributed by atoms with Crippen LogP contribution in [0.2, 0.25) is 0 Å². The van der Waals surface area contributed by atoms with Crippen LogP contribution in [-0.4, -0.2) is 40.9 Å². The van der Waals surface area contributed by atoms with Gasteiger partial charge in [0.25, 0.3) is 5.92 Å². The molecule has 20 heavy (non-hydrogen) atoms. The molecule has 1 aliphatic heterocycles. The van der Waals surface area contributed by atoms with Crippen LogP contribution in [0.25, 0.3) is 0 Å². The predicted octanol–water partition coefficient (Wildman–Crippen LogP) is 3.25. The first-order valence-electron chi connectivity index (χ1n) is 6.65. The lowest BCUT2D eigenvalue weighted by molar-refractivity contribution is -0.131. The maximum atomic E-state index is 13.6. The van der Waals surface area contributed by atoms with Crippen LogP contribution in [0.4, 0.5) is 13.6 Å². The number of alkyl halides is 2. The highest BCUT2D eigenvalue weighted by Crippen LogP contribution is 2.36. The Balaban J connectivity index is 2.97. The van der Waals surface area contributed by atoms with Gasteiger partial charge < -0.3 is 4.74 Å². The lowest BCUT2D eigenvalue weighted by Gasteiger charge is -2.30. The van der Waals surface area contributed by atoms with E-state index >= 15 is 0 Å². The van der Waals surface area contributed by atoms with Crippen LogP contribution in [0.5, 0.6) is 0 Å². The highest BCUT2D eigenvalue weighted by atomic mass is 19.3. The van der Waals surface area contributed by atoms with E-state index in [2.05, 4.69) is 0 Å². The molecule has 1 saturated heterocycles. The standard InChI is InChI=1S/C14H23F2NO3/c1-12(2,3)10(18)9-7-14(15,16)8-17(9)11(19)20-13(4,5)6/h9H,7-8H2,1-6H3/t9-/m0/s1. The first-order valence-corrected chi connectivity index (χ1v) is 6.65. The Morgan fingerprint density at radius 2 is 1.65 bits per heavy atom. The summed E-state index contributed by atoms with van der Waals surface area (Å²) >= 11 is 0. The van der Waals surface area contributed by atoms with Gasteiger partial charge in [-0.05, 0) is 20.8 Å². The van der Waals surface area contributed by atoms with Gasteiger partial charge in [0.2, 0.25) is 0 Å². The quantitative estimate of drug-likeness (QED) is 0.745. The third-order valence-corrected chi connectivity index (χ3v) is 2.94. The lowest BCUT2D eigenvalue weighted by atomic mass is 9.85. The molecule has 1 aliphatic rings. The van der Waals surface area contributed by atoms with E-state index in [0.717, 1.165) is 4.90 Å². The topological polar surface area (TPSA) is 46.6 Å². The van der Waals surface area contributed by atoms with Gasteiger partial charge in [-0.3, -0.25) is 9.69 Å². The van der Waals surface area contributed by atoms with Gasteiger partial charge in [0, 0.05) is 11.8 Å². The molecule has 0 spiro atoms. The summed E-state index contributed by atoms with van der Waals surface area (Å²) in [5, 5.41) is 0. The molecule has 1 rings (SSSR count). The first kappa shape index (κ1) is 16.9. The lowest BCUT2D eigenvalue weighted by Crippen LogP contribution is -2.46. The fourth-order valence-corrected chi connectivity index (χ4v) is 2.06. The van der Waals surface area contributed by atoms with Crippen LogP contribution in [0.15, 0.2) is 0 Å². The first-order chi connectivity index (χ1) is 8.73. The van der Waals surface area contributed by atoms with Crippen molar-refractivity contribution in [3.8, 4) is 0 Å². The van der Waals surface area contributed by atoms with Gasteiger partial charge >= 0.3 is 6.09 Å². The number of Topliss-reactive ketones (excluding diaryl/α,β-unsaturated/α-hetero) is 1. The molecular formula is C14H23F2NO3. The van der Waals surface area contributed by atoms with Gasteiger partial charge in [-0.1, -0.05) is 20.8 Å². The molecule has 0 aromatic heterocycles. The third-order valence-electron chi connectivity index (χ3n) is 2.94. The Morgan fingerprint density at radius 1 is 1.15 bits per heavy atom. The second-order valence-corrected chi connectivity index (χ2v) is 7.30. The van der Waals surface area contributed by atoms with Gasteiger partial charge in [-0.2, -0.15) is 0 Å². The van der Waals surface area contributed by atoms with Gasteiger partial charge in [0.15, 0.2) is 5.78 Å². The summed E-state index contributed by atoms with van der Waals surface area (Å²) in [6.07, 6.45) is -1.50. The summed E-state index contributed by atoms with van der Waals surface area (Å²) in [6, 6.07) is -1.13. The highest BCUT2D eigenvalue weighted by molar-refractivity contribution is 5.92. The second kappa shape index (κ2) is 4.97. The van der Waals surface area contributed by atoms with Crippen molar-refractivity contribution in [2.75, 3.05) is 6.54 Å². The number of ketones is 1. The predicted molar refractivity (Wildman–Crippen MR) is 70.8 cm³/mol. The Hall–Kier alpha value is -1.20. The number of amides is 1. The number of ether oxygens (including phenoxy) is 1. The maximum Gasteiger partial charge on any atom is 0.411 e. The van der Waals surface area contributed by atoms with Crippen LogP contribution < -0.4 is 0 Å². The van der Waals surface area contributed by atoms with Crippen LogP contribution in [-0.2, 0) is 9.53 Å². The molecule has 6 heteroatoms. The summed E-state index contributed by atoms with van der Waals surface area (Å²) in [4.78, 5) is 25.1. The van der Waals surface area contributed by atoms with Crippen molar-refractivity contribution in [3.05, 3.63) is 0 Å². The molecule has 0 N–H and O–H groups in total. The van der Waals surface area contributed by atoms with Crippen molar-refractivity contribution in [1.29, 1.82) is 0 Å². The van der Waals surface area contributed by atoms with Crippen LogP contribution >= 0.6 is 0 Å². The molecule has 1 fully saturated rings. The molecule has 0 aliphatic carbocycles. The highest BCUT2D eigenvalue weighted by Gasteiger charge is 2.52. The summed E-state index contributed by atoms with van der Waals surface area (Å²) < 4.78 is 32.3. The van der Waals surface area contributed by atoms with E-state index in [-0.39, 0.29) is 5.78 Å². The molecule has 0 unspecified atom stereocenters. The van der Waals surface area contributed by atoms with E-state index in [1.165, 1.54) is 0 Å². The summed E-state index contributed by atoms with van der Waals surface area (Å²) in [7, 11) is 0. The summed E-state index contributed by atoms with van der Waals surface area (Å²) in [6.45, 7) is 9.14. The molecular weight excluding hydrogens is 268 g/mol. The second-order valence-electron chi connectivity index (χ2n) is 7.30. The van der Waals surface area contributed by atoms with Crippen molar-refractivity contribution < 1.29 is 23.1 Å². The van der Waals surface area contributed by atoms with E-state index < -0.39 is 42.0 Å². The van der Waals surface area contributed by atoms with Crippen molar-refractivity contribution in [1.82, 2.24) is 4.90 Å². The van der Waals surface area contributed by atoms with Gasteiger partial charge in [0.1, 0.15) is 11.6 Å². The molecule has 0 aromatic rings. The van der Waals surface area contributed by atoms with Crippen LogP contribution in [0.3, 0.4) is 0 Å². The molecule has 116 valence electrons. The van der Waals surface area contributed by atoms with Crippen molar-refractivity contribution in [2.24, 2.45) is 5.41 Å². The molecule has 4 nitrogen and oxygen atoms in total. The normalized spacial score (nSPS) is 22.8. The number of hydrogen-bond acceptors (Lipinski definition) is 3. The summed E-state index contributed by atoms with van der Waals surface area (Å²) in [5.41, 5.74) is -1.57. The van der Waals surface area contributed by atoms with Gasteiger partial charge in [-0.25, -0.2) is 13.6 Å². The van der Waals surface area contributed by atoms with E-state index in [9.17, 15) is 18.4 Å². The number of halogens is 2. The largest absolute Gasteiger partial charge is 0.444 e. The maximum absolute atomic E-state index is 13.6. The zero-order valence-corrected chi connectivity index (χ0v) is 12.9. The Bertz CT molecular complexity index is 408. The minimum Gasteiger partial charge on any atom is -0.444 e. The average molecular weight is 291 g/mol. The van der Waals surface area contributed by atoms with Crippen molar-refractivity contribution in [2.45, 2.75) is 65.5 Å². The Kier molecular flexibility index (Phi) is 4.19. The smallest absolute Gasteiger partial charge is 0.411 e. The van der Waals surface area contributed by atoms with Crippen molar-refractivity contribution >= 4 is 11.9 Å².